The van der Waals surface area contributed by atoms with E-state index in [-0.39, 0.29) is 13.2 Å². The van der Waals surface area contributed by atoms with E-state index >= 15 is 0 Å². The van der Waals surface area contributed by atoms with Gasteiger partial charge in [0.2, 0.25) is 0 Å². The molecule has 1 heterocycles. The summed E-state index contributed by atoms with van der Waals surface area (Å²) in [6.45, 7) is 1.70. The molecule has 21 heavy (non-hydrogen) atoms. The lowest BCUT2D eigenvalue weighted by atomic mass is 10.1. The molecule has 0 amide bonds. The SMILES string of the molecule is CCOP(=O)(OCC)C(F)(F)C[C@H]1O[C@H](CO)[C@@H](O)[C@@H]1O. The summed E-state index contributed by atoms with van der Waals surface area (Å²) >= 11 is 0. The predicted octanol–water partition coefficient (Wildman–Crippen LogP) is 0.717. The van der Waals surface area contributed by atoms with Crippen molar-refractivity contribution in [3.05, 3.63) is 0 Å². The highest BCUT2D eigenvalue weighted by molar-refractivity contribution is 7.55. The van der Waals surface area contributed by atoms with Crippen molar-refractivity contribution in [2.24, 2.45) is 0 Å². The number of aliphatic hydroxyl groups excluding tert-OH is 3. The predicted molar refractivity (Wildman–Crippen MR) is 68.2 cm³/mol. The second-order valence-corrected chi connectivity index (χ2v) is 6.75. The van der Waals surface area contributed by atoms with Crippen molar-refractivity contribution in [1.82, 2.24) is 0 Å². The number of hydrogen-bond acceptors (Lipinski definition) is 7. The number of ether oxygens (including phenoxy) is 1. The summed E-state index contributed by atoms with van der Waals surface area (Å²) in [5.74, 6) is 0. The summed E-state index contributed by atoms with van der Waals surface area (Å²) in [5, 5.41) is 28.1. The van der Waals surface area contributed by atoms with Gasteiger partial charge in [-0.3, -0.25) is 4.57 Å². The molecule has 4 atom stereocenters. The zero-order chi connectivity index (χ0) is 16.3. The summed E-state index contributed by atoms with van der Waals surface area (Å²) in [6.07, 6.45) is -6.92. The highest BCUT2D eigenvalue weighted by atomic mass is 31.2. The molecule has 0 aromatic rings. The Labute approximate surface area is 121 Å². The van der Waals surface area contributed by atoms with Crippen molar-refractivity contribution in [2.75, 3.05) is 19.8 Å². The van der Waals surface area contributed by atoms with Gasteiger partial charge >= 0.3 is 13.3 Å². The van der Waals surface area contributed by atoms with E-state index in [9.17, 15) is 23.6 Å². The molecule has 0 aromatic heterocycles. The Bertz CT molecular complexity index is 372. The van der Waals surface area contributed by atoms with Crippen LogP contribution >= 0.6 is 7.60 Å². The van der Waals surface area contributed by atoms with E-state index in [1.54, 1.807) is 0 Å². The average Bonchev–Trinajstić information content (AvgIpc) is 2.66. The normalized spacial score (nSPS) is 30.8. The van der Waals surface area contributed by atoms with Gasteiger partial charge in [0.25, 0.3) is 0 Å². The molecule has 0 bridgehead atoms. The number of rotatable bonds is 8. The molecule has 0 radical (unpaired) electrons. The minimum absolute atomic E-state index is 0.233. The third kappa shape index (κ3) is 3.98. The first kappa shape index (κ1) is 18.9. The zero-order valence-electron chi connectivity index (χ0n) is 11.8. The van der Waals surface area contributed by atoms with E-state index in [4.69, 9.17) is 9.84 Å². The van der Waals surface area contributed by atoms with E-state index in [1.165, 1.54) is 13.8 Å². The molecular weight excluding hydrogens is 313 g/mol. The van der Waals surface area contributed by atoms with Gasteiger partial charge in [0, 0.05) is 0 Å². The monoisotopic (exact) mass is 334 g/mol. The lowest BCUT2D eigenvalue weighted by Crippen LogP contribution is -2.36. The van der Waals surface area contributed by atoms with Crippen LogP contribution in [0.1, 0.15) is 20.3 Å². The van der Waals surface area contributed by atoms with Crippen LogP contribution in [0.15, 0.2) is 0 Å². The Hall–Kier alpha value is -0.150. The molecule has 1 aliphatic rings. The lowest BCUT2D eigenvalue weighted by Gasteiger charge is -2.28. The van der Waals surface area contributed by atoms with Crippen molar-refractivity contribution in [1.29, 1.82) is 0 Å². The molecule has 0 aliphatic carbocycles. The van der Waals surface area contributed by atoms with Gasteiger partial charge in [0.15, 0.2) is 0 Å². The van der Waals surface area contributed by atoms with Crippen LogP contribution in [-0.2, 0) is 18.3 Å². The lowest BCUT2D eigenvalue weighted by molar-refractivity contribution is -0.0633. The van der Waals surface area contributed by atoms with Crippen LogP contribution in [0.25, 0.3) is 0 Å². The first-order chi connectivity index (χ1) is 9.72. The van der Waals surface area contributed by atoms with Crippen molar-refractivity contribution < 1.29 is 42.4 Å². The molecule has 1 saturated heterocycles. The molecule has 7 nitrogen and oxygen atoms in total. The summed E-state index contributed by atoms with van der Waals surface area (Å²) in [4.78, 5) is 0. The number of hydrogen-bond donors (Lipinski definition) is 3. The third-order valence-electron chi connectivity index (χ3n) is 3.09. The highest BCUT2D eigenvalue weighted by Crippen LogP contribution is 2.64. The molecule has 1 aliphatic heterocycles. The molecule has 0 aromatic carbocycles. The van der Waals surface area contributed by atoms with Crippen molar-refractivity contribution in [3.8, 4) is 0 Å². The summed E-state index contributed by atoms with van der Waals surface area (Å²) in [5.41, 5.74) is -3.89. The standard InChI is InChI=1S/C11H21F2O7P/c1-3-18-21(17,19-4-2)11(12,13)5-7-9(15)10(16)8(6-14)20-7/h7-10,14-16H,3-6H2,1-2H3/t7-,8-,9-,10-/m1/s1. The Morgan fingerprint density at radius 3 is 2.00 bits per heavy atom. The zero-order valence-corrected chi connectivity index (χ0v) is 12.7. The number of aliphatic hydroxyl groups is 3. The van der Waals surface area contributed by atoms with Crippen molar-refractivity contribution in [2.45, 2.75) is 50.3 Å². The van der Waals surface area contributed by atoms with E-state index in [0.717, 1.165) is 0 Å². The summed E-state index contributed by atoms with van der Waals surface area (Å²) in [7, 11) is -4.72. The molecule has 1 rings (SSSR count). The molecule has 1 fully saturated rings. The van der Waals surface area contributed by atoms with E-state index in [1.807, 2.05) is 0 Å². The molecule has 0 saturated carbocycles. The Morgan fingerprint density at radius 1 is 1.14 bits per heavy atom. The van der Waals surface area contributed by atoms with Gasteiger partial charge in [-0.2, -0.15) is 8.78 Å². The largest absolute Gasteiger partial charge is 0.399 e. The first-order valence-electron chi connectivity index (χ1n) is 6.61. The van der Waals surface area contributed by atoms with Crippen LogP contribution in [0.2, 0.25) is 0 Å². The van der Waals surface area contributed by atoms with Gasteiger partial charge in [-0.25, -0.2) is 0 Å². The van der Waals surface area contributed by atoms with Gasteiger partial charge in [-0.15, -0.1) is 0 Å². The fraction of sp³-hybridized carbons (Fsp3) is 1.00. The van der Waals surface area contributed by atoms with Gasteiger partial charge in [0.05, 0.1) is 32.3 Å². The fourth-order valence-electron chi connectivity index (χ4n) is 2.07. The molecule has 10 heteroatoms. The van der Waals surface area contributed by atoms with Crippen molar-refractivity contribution >= 4 is 7.60 Å². The van der Waals surface area contributed by atoms with Crippen LogP contribution in [0.5, 0.6) is 0 Å². The smallest absolute Gasteiger partial charge is 0.394 e. The van der Waals surface area contributed by atoms with E-state index in [0.29, 0.717) is 0 Å². The van der Waals surface area contributed by atoms with Crippen LogP contribution in [0.4, 0.5) is 8.78 Å². The first-order valence-corrected chi connectivity index (χ1v) is 8.16. The molecule has 0 spiro atoms. The van der Waals surface area contributed by atoms with E-state index < -0.39 is 50.7 Å². The maximum absolute atomic E-state index is 14.2. The maximum Gasteiger partial charge on any atom is 0.399 e. The highest BCUT2D eigenvalue weighted by Gasteiger charge is 2.57. The van der Waals surface area contributed by atoms with E-state index in [2.05, 4.69) is 9.05 Å². The Balaban J connectivity index is 2.86. The molecular formula is C11H21F2O7P. The Morgan fingerprint density at radius 2 is 1.62 bits per heavy atom. The van der Waals surface area contributed by atoms with Gasteiger partial charge in [-0.1, -0.05) is 0 Å². The Kier molecular flexibility index (Phi) is 6.67. The number of alkyl halides is 2. The number of halogens is 2. The average molecular weight is 334 g/mol. The van der Waals surface area contributed by atoms with Crippen LogP contribution in [0, 0.1) is 0 Å². The second-order valence-electron chi connectivity index (χ2n) is 4.58. The molecule has 126 valence electrons. The van der Waals surface area contributed by atoms with Gasteiger partial charge in [0.1, 0.15) is 18.3 Å². The van der Waals surface area contributed by atoms with Crippen LogP contribution in [-0.4, -0.2) is 65.2 Å². The molecule has 3 N–H and O–H groups in total. The topological polar surface area (TPSA) is 105 Å². The molecule has 0 unspecified atom stereocenters. The second kappa shape index (κ2) is 7.41. The van der Waals surface area contributed by atoms with Crippen molar-refractivity contribution in [3.63, 3.8) is 0 Å². The summed E-state index contributed by atoms with van der Waals surface area (Å²) in [6, 6.07) is 0. The summed E-state index contributed by atoms with van der Waals surface area (Å²) < 4.78 is 54.6. The van der Waals surface area contributed by atoms with Crippen LogP contribution in [0.3, 0.4) is 0 Å². The third-order valence-corrected chi connectivity index (χ3v) is 5.27. The minimum Gasteiger partial charge on any atom is -0.394 e. The quantitative estimate of drug-likeness (QED) is 0.562. The minimum atomic E-state index is -4.72. The fourth-order valence-corrected chi connectivity index (χ4v) is 3.60. The maximum atomic E-state index is 14.2. The van der Waals surface area contributed by atoms with Gasteiger partial charge < -0.3 is 29.1 Å². The van der Waals surface area contributed by atoms with Gasteiger partial charge in [-0.05, 0) is 13.8 Å². The van der Waals surface area contributed by atoms with Crippen LogP contribution < -0.4 is 0 Å².